The monoisotopic (exact) mass is 197 g/mol. The van der Waals surface area contributed by atoms with Crippen molar-refractivity contribution < 1.29 is 4.42 Å². The average Bonchev–Trinajstić information content (AvgIpc) is 2.43. The van der Waals surface area contributed by atoms with Crippen molar-refractivity contribution in [3.63, 3.8) is 0 Å². The summed E-state index contributed by atoms with van der Waals surface area (Å²) in [6, 6.07) is 1.65. The molecule has 4 nitrogen and oxygen atoms in total. The van der Waals surface area contributed by atoms with Crippen molar-refractivity contribution in [1.82, 2.24) is 9.97 Å². The summed E-state index contributed by atoms with van der Waals surface area (Å²) in [5, 5.41) is 3.30. The number of pyridine rings is 1. The van der Waals surface area contributed by atoms with Crippen molar-refractivity contribution in [3.8, 4) is 0 Å². The van der Waals surface area contributed by atoms with Gasteiger partial charge in [0, 0.05) is 20.0 Å². The summed E-state index contributed by atoms with van der Waals surface area (Å²) in [5.74, 6) is 1.25. The van der Waals surface area contributed by atoms with E-state index in [1.807, 2.05) is 0 Å². The molecule has 1 N–H and O–H groups in total. The maximum Gasteiger partial charge on any atom is 0.192 e. The number of nitrogens with one attached hydrogen (secondary N) is 1. The molecule has 0 atom stereocenters. The van der Waals surface area contributed by atoms with Crippen LogP contribution < -0.4 is 5.32 Å². The van der Waals surface area contributed by atoms with Gasteiger partial charge in [0.2, 0.25) is 0 Å². The molecule has 0 aliphatic heterocycles. The Morgan fingerprint density at radius 2 is 2.23 bits per heavy atom. The molecule has 0 saturated carbocycles. The second-order valence-electron chi connectivity index (χ2n) is 2.62. The first kappa shape index (κ1) is 8.31. The molecule has 0 fully saturated rings. The summed E-state index contributed by atoms with van der Waals surface area (Å²) in [5.41, 5.74) is 1.37. The quantitative estimate of drug-likeness (QED) is 0.713. The normalized spacial score (nSPS) is 10.7. The number of fused-ring (bicyclic) bond motifs is 1. The molecule has 0 aliphatic rings. The second kappa shape index (κ2) is 2.88. The van der Waals surface area contributed by atoms with E-state index in [4.69, 9.17) is 16.0 Å². The number of anilines is 1. The first-order valence-corrected chi connectivity index (χ1v) is 4.20. The number of aromatic nitrogens is 2. The van der Waals surface area contributed by atoms with Gasteiger partial charge in [-0.3, -0.25) is 0 Å². The Morgan fingerprint density at radius 3 is 2.92 bits per heavy atom. The van der Waals surface area contributed by atoms with Crippen molar-refractivity contribution in [2.24, 2.45) is 0 Å². The van der Waals surface area contributed by atoms with Crippen LogP contribution >= 0.6 is 11.6 Å². The lowest BCUT2D eigenvalue weighted by molar-refractivity contribution is 0.561. The van der Waals surface area contributed by atoms with E-state index in [2.05, 4.69) is 15.3 Å². The first-order chi connectivity index (χ1) is 6.20. The van der Waals surface area contributed by atoms with Gasteiger partial charge in [-0.25, -0.2) is 9.97 Å². The number of oxazole rings is 1. The van der Waals surface area contributed by atoms with Crippen LogP contribution in [0.1, 0.15) is 5.89 Å². The van der Waals surface area contributed by atoms with Gasteiger partial charge >= 0.3 is 0 Å². The van der Waals surface area contributed by atoms with E-state index in [1.54, 1.807) is 20.0 Å². The number of nitrogens with zero attached hydrogens (tertiary/aromatic N) is 2. The summed E-state index contributed by atoms with van der Waals surface area (Å²) in [4.78, 5) is 8.24. The fourth-order valence-electron chi connectivity index (χ4n) is 1.18. The van der Waals surface area contributed by atoms with E-state index >= 15 is 0 Å². The van der Waals surface area contributed by atoms with E-state index in [-0.39, 0.29) is 0 Å². The first-order valence-electron chi connectivity index (χ1n) is 3.82. The minimum Gasteiger partial charge on any atom is -0.441 e. The molecule has 0 spiro atoms. The van der Waals surface area contributed by atoms with Crippen LogP contribution in [0, 0.1) is 6.92 Å². The highest BCUT2D eigenvalue weighted by molar-refractivity contribution is 6.30. The van der Waals surface area contributed by atoms with Gasteiger partial charge in [-0.05, 0) is 0 Å². The molecule has 0 aliphatic carbocycles. The van der Waals surface area contributed by atoms with Crippen LogP contribution in [-0.2, 0) is 0 Å². The molecule has 0 bridgehead atoms. The van der Waals surface area contributed by atoms with Gasteiger partial charge < -0.3 is 9.73 Å². The largest absolute Gasteiger partial charge is 0.441 e. The zero-order valence-corrected chi connectivity index (χ0v) is 8.01. The molecule has 2 rings (SSSR count). The van der Waals surface area contributed by atoms with Crippen molar-refractivity contribution in [2.75, 3.05) is 12.4 Å². The Kier molecular flexibility index (Phi) is 1.84. The number of hydrogen-bond acceptors (Lipinski definition) is 4. The molecule has 2 aromatic heterocycles. The van der Waals surface area contributed by atoms with Gasteiger partial charge in [0.05, 0.1) is 0 Å². The molecule has 68 valence electrons. The van der Waals surface area contributed by atoms with Crippen LogP contribution in [0.4, 0.5) is 5.82 Å². The summed E-state index contributed by atoms with van der Waals surface area (Å²) in [7, 11) is 1.77. The van der Waals surface area contributed by atoms with Gasteiger partial charge in [-0.15, -0.1) is 0 Å². The van der Waals surface area contributed by atoms with E-state index < -0.39 is 0 Å². The predicted octanol–water partition coefficient (Wildman–Crippen LogP) is 2.23. The van der Waals surface area contributed by atoms with Crippen LogP contribution in [0.5, 0.6) is 0 Å². The molecule has 0 saturated heterocycles. The summed E-state index contributed by atoms with van der Waals surface area (Å²) < 4.78 is 5.32. The highest BCUT2D eigenvalue weighted by atomic mass is 35.5. The summed E-state index contributed by atoms with van der Waals surface area (Å²) in [6.07, 6.45) is 0. The minimum absolute atomic E-state index is 0.396. The molecular formula is C8H8ClN3O. The molecule has 2 aromatic rings. The Bertz CT molecular complexity index is 452. The Labute approximate surface area is 79.9 Å². The van der Waals surface area contributed by atoms with Crippen LogP contribution in [0.25, 0.3) is 11.1 Å². The Morgan fingerprint density at radius 1 is 1.46 bits per heavy atom. The predicted molar refractivity (Wildman–Crippen MR) is 51.1 cm³/mol. The smallest absolute Gasteiger partial charge is 0.192 e. The average molecular weight is 198 g/mol. The summed E-state index contributed by atoms with van der Waals surface area (Å²) >= 11 is 5.77. The summed E-state index contributed by atoms with van der Waals surface area (Å²) in [6.45, 7) is 1.79. The van der Waals surface area contributed by atoms with Crippen LogP contribution in [0.3, 0.4) is 0 Å². The standard InChI is InChI=1S/C8H8ClN3O/c1-4-11-7-5(13-4)3-6(9)12-8(7)10-2/h3H,1-2H3,(H,10,12). The molecule has 0 amide bonds. The van der Waals surface area contributed by atoms with Gasteiger partial charge in [-0.2, -0.15) is 0 Å². The molecule has 0 aromatic carbocycles. The molecule has 0 radical (unpaired) electrons. The molecule has 13 heavy (non-hydrogen) atoms. The topological polar surface area (TPSA) is 51.0 Å². The van der Waals surface area contributed by atoms with Crippen LogP contribution in [0.2, 0.25) is 5.15 Å². The third kappa shape index (κ3) is 1.33. The minimum atomic E-state index is 0.396. The second-order valence-corrected chi connectivity index (χ2v) is 3.01. The van der Waals surface area contributed by atoms with Gasteiger partial charge in [0.1, 0.15) is 5.15 Å². The Hall–Kier alpha value is -1.29. The maximum atomic E-state index is 5.77. The van der Waals surface area contributed by atoms with Crippen molar-refractivity contribution in [1.29, 1.82) is 0 Å². The fraction of sp³-hybridized carbons (Fsp3) is 0.250. The number of hydrogen-bond donors (Lipinski definition) is 1. The van der Waals surface area contributed by atoms with E-state index in [0.717, 1.165) is 0 Å². The number of halogens is 1. The van der Waals surface area contributed by atoms with E-state index in [1.165, 1.54) is 0 Å². The molecule has 0 unspecified atom stereocenters. The van der Waals surface area contributed by atoms with Gasteiger partial charge in [0.25, 0.3) is 0 Å². The fourth-order valence-corrected chi connectivity index (χ4v) is 1.37. The van der Waals surface area contributed by atoms with Crippen LogP contribution in [-0.4, -0.2) is 17.0 Å². The zero-order valence-electron chi connectivity index (χ0n) is 7.26. The highest BCUT2D eigenvalue weighted by Gasteiger charge is 2.09. The van der Waals surface area contributed by atoms with Crippen molar-refractivity contribution >= 4 is 28.5 Å². The van der Waals surface area contributed by atoms with E-state index in [9.17, 15) is 0 Å². The number of aryl methyl sites for hydroxylation is 1. The lowest BCUT2D eigenvalue weighted by Gasteiger charge is -1.98. The third-order valence-corrected chi connectivity index (χ3v) is 1.88. The van der Waals surface area contributed by atoms with E-state index in [0.29, 0.717) is 28.0 Å². The third-order valence-electron chi connectivity index (χ3n) is 1.69. The highest BCUT2D eigenvalue weighted by Crippen LogP contribution is 2.24. The lowest BCUT2D eigenvalue weighted by Crippen LogP contribution is -1.93. The molecular weight excluding hydrogens is 190 g/mol. The van der Waals surface area contributed by atoms with Gasteiger partial charge in [0.15, 0.2) is 22.8 Å². The number of rotatable bonds is 1. The Balaban J connectivity index is 2.80. The van der Waals surface area contributed by atoms with Crippen molar-refractivity contribution in [2.45, 2.75) is 6.92 Å². The molecule has 5 heteroatoms. The lowest BCUT2D eigenvalue weighted by atomic mass is 10.4. The maximum absolute atomic E-state index is 5.77. The molecule has 2 heterocycles. The van der Waals surface area contributed by atoms with Crippen LogP contribution in [0.15, 0.2) is 10.5 Å². The SMILES string of the molecule is CNc1nc(Cl)cc2oc(C)nc12. The van der Waals surface area contributed by atoms with Crippen molar-refractivity contribution in [3.05, 3.63) is 17.1 Å². The van der Waals surface area contributed by atoms with Gasteiger partial charge in [-0.1, -0.05) is 11.6 Å². The zero-order chi connectivity index (χ0) is 9.42.